The van der Waals surface area contributed by atoms with Crippen LogP contribution in [0.2, 0.25) is 0 Å². The van der Waals surface area contributed by atoms with Crippen LogP contribution in [-0.4, -0.2) is 57.3 Å². The highest BCUT2D eigenvalue weighted by molar-refractivity contribution is 7.98. The van der Waals surface area contributed by atoms with Crippen LogP contribution in [0.5, 0.6) is 11.5 Å². The molecule has 1 aliphatic rings. The molecule has 1 saturated heterocycles. The van der Waals surface area contributed by atoms with Gasteiger partial charge < -0.3 is 25.4 Å². The number of thioether (sulfide) groups is 1. The minimum atomic E-state index is -0.427. The molecule has 0 bridgehead atoms. The monoisotopic (exact) mass is 389 g/mol. The zero-order valence-corrected chi connectivity index (χ0v) is 16.6. The fourth-order valence-corrected chi connectivity index (χ4v) is 3.26. The number of nitrogens with zero attached hydrogens (tertiary/aromatic N) is 1. The summed E-state index contributed by atoms with van der Waals surface area (Å²) in [4.78, 5) is 14.4. The lowest BCUT2D eigenvalue weighted by atomic mass is 10.2. The number of halogens is 1. The van der Waals surface area contributed by atoms with Gasteiger partial charge in [0.1, 0.15) is 11.5 Å². The summed E-state index contributed by atoms with van der Waals surface area (Å²) in [5.74, 6) is 2.36. The smallest absolute Gasteiger partial charge is 0.237 e. The molecule has 25 heavy (non-hydrogen) atoms. The first kappa shape index (κ1) is 21.7. The van der Waals surface area contributed by atoms with Gasteiger partial charge in [-0.1, -0.05) is 0 Å². The number of rotatable bonds is 8. The second-order valence-corrected chi connectivity index (χ2v) is 6.88. The molecule has 6 nitrogen and oxygen atoms in total. The van der Waals surface area contributed by atoms with Gasteiger partial charge in [0, 0.05) is 43.0 Å². The zero-order valence-electron chi connectivity index (χ0n) is 15.0. The molecule has 2 atom stereocenters. The fraction of sp³-hybridized carbons (Fsp3) is 0.588. The van der Waals surface area contributed by atoms with Gasteiger partial charge >= 0.3 is 0 Å². The number of amides is 1. The Bertz CT molecular complexity index is 540. The topological polar surface area (TPSA) is 76.8 Å². The first-order valence-corrected chi connectivity index (χ1v) is 9.49. The van der Waals surface area contributed by atoms with E-state index in [1.165, 1.54) is 0 Å². The highest BCUT2D eigenvalue weighted by Crippen LogP contribution is 2.30. The second-order valence-electron chi connectivity index (χ2n) is 5.90. The van der Waals surface area contributed by atoms with Gasteiger partial charge in [0.2, 0.25) is 5.91 Å². The minimum Gasteiger partial charge on any atom is -0.497 e. The second kappa shape index (κ2) is 10.6. The van der Waals surface area contributed by atoms with E-state index in [0.29, 0.717) is 6.42 Å². The van der Waals surface area contributed by atoms with Crippen LogP contribution in [0.15, 0.2) is 18.2 Å². The Balaban J connectivity index is 0.00000312. The first-order chi connectivity index (χ1) is 11.6. The summed E-state index contributed by atoms with van der Waals surface area (Å²) in [7, 11) is 3.28. The number of ether oxygens (including phenoxy) is 2. The van der Waals surface area contributed by atoms with Crippen molar-refractivity contribution in [3.63, 3.8) is 0 Å². The Morgan fingerprint density at radius 3 is 2.56 bits per heavy atom. The van der Waals surface area contributed by atoms with Crippen LogP contribution in [0.1, 0.15) is 12.8 Å². The number of methoxy groups -OCH3 is 2. The van der Waals surface area contributed by atoms with Crippen molar-refractivity contribution in [1.29, 1.82) is 0 Å². The number of nitrogens with one attached hydrogen (secondary N) is 1. The maximum Gasteiger partial charge on any atom is 0.237 e. The lowest BCUT2D eigenvalue weighted by molar-refractivity contribution is -0.122. The van der Waals surface area contributed by atoms with E-state index in [0.717, 1.165) is 42.4 Å². The van der Waals surface area contributed by atoms with Crippen LogP contribution in [0, 0.1) is 0 Å². The van der Waals surface area contributed by atoms with Gasteiger partial charge in [-0.3, -0.25) is 4.79 Å². The van der Waals surface area contributed by atoms with E-state index in [-0.39, 0.29) is 24.4 Å². The van der Waals surface area contributed by atoms with E-state index >= 15 is 0 Å². The summed E-state index contributed by atoms with van der Waals surface area (Å²) in [5.41, 5.74) is 6.97. The van der Waals surface area contributed by atoms with Crippen molar-refractivity contribution in [2.45, 2.75) is 24.9 Å². The number of anilines is 1. The standard InChI is InChI=1S/C17H27N3O3S.ClH/c1-22-14-8-13(9-15(10-14)23-2)20-6-4-12(11-20)19-17(21)16(18)5-7-24-3;/h8-10,12,16H,4-7,11,18H2,1-3H3,(H,19,21);1H/t12?,16-;/m0./s1. The quantitative estimate of drug-likeness (QED) is 0.707. The van der Waals surface area contributed by atoms with Gasteiger partial charge in [0.15, 0.2) is 0 Å². The molecule has 1 fully saturated rings. The Hall–Kier alpha value is -1.31. The Kier molecular flexibility index (Phi) is 9.24. The summed E-state index contributed by atoms with van der Waals surface area (Å²) in [5, 5.41) is 3.07. The lowest BCUT2D eigenvalue weighted by Crippen LogP contribution is -2.46. The number of carbonyl (C=O) groups excluding carboxylic acids is 1. The van der Waals surface area contributed by atoms with Gasteiger partial charge in [0.05, 0.1) is 20.3 Å². The number of benzene rings is 1. The van der Waals surface area contributed by atoms with Gasteiger partial charge in [-0.2, -0.15) is 11.8 Å². The summed E-state index contributed by atoms with van der Waals surface area (Å²) in [6.07, 6.45) is 3.62. The van der Waals surface area contributed by atoms with Gasteiger partial charge in [0.25, 0.3) is 0 Å². The van der Waals surface area contributed by atoms with Crippen LogP contribution >= 0.6 is 24.2 Å². The normalized spacial score (nSPS) is 17.6. The van der Waals surface area contributed by atoms with E-state index in [4.69, 9.17) is 15.2 Å². The van der Waals surface area contributed by atoms with Crippen molar-refractivity contribution in [3.05, 3.63) is 18.2 Å². The van der Waals surface area contributed by atoms with Gasteiger partial charge in [-0.25, -0.2) is 0 Å². The molecule has 0 aliphatic carbocycles. The molecule has 0 spiro atoms. The number of carbonyl (C=O) groups is 1. The van der Waals surface area contributed by atoms with Crippen LogP contribution in [0.3, 0.4) is 0 Å². The molecule has 2 rings (SSSR count). The third-order valence-electron chi connectivity index (χ3n) is 4.21. The van der Waals surface area contributed by atoms with E-state index in [2.05, 4.69) is 10.2 Å². The molecule has 1 aliphatic heterocycles. The predicted molar refractivity (Wildman–Crippen MR) is 107 cm³/mol. The molecule has 1 unspecified atom stereocenters. The molecule has 1 aromatic carbocycles. The summed E-state index contributed by atoms with van der Waals surface area (Å²) < 4.78 is 10.6. The SMILES string of the molecule is COc1cc(OC)cc(N2CCC(NC(=O)[C@@H](N)CCSC)C2)c1.Cl. The first-order valence-electron chi connectivity index (χ1n) is 8.10. The number of hydrogen-bond donors (Lipinski definition) is 2. The molecule has 1 amide bonds. The molecule has 142 valence electrons. The molecule has 1 heterocycles. The van der Waals surface area contributed by atoms with Crippen molar-refractivity contribution < 1.29 is 14.3 Å². The van der Waals surface area contributed by atoms with Crippen LogP contribution in [-0.2, 0) is 4.79 Å². The van der Waals surface area contributed by atoms with E-state index in [1.54, 1.807) is 26.0 Å². The van der Waals surface area contributed by atoms with E-state index in [1.807, 2.05) is 24.5 Å². The molecule has 0 radical (unpaired) electrons. The van der Waals surface area contributed by atoms with Crippen molar-refractivity contribution >= 4 is 35.8 Å². The maximum atomic E-state index is 12.1. The average molecular weight is 390 g/mol. The molecule has 1 aromatic rings. The minimum absolute atomic E-state index is 0. The Morgan fingerprint density at radius 1 is 1.36 bits per heavy atom. The highest BCUT2D eigenvalue weighted by atomic mass is 35.5. The molecular formula is C17H28ClN3O3S. The molecule has 0 aromatic heterocycles. The summed E-state index contributed by atoms with van der Waals surface area (Å²) >= 11 is 1.70. The van der Waals surface area contributed by atoms with Crippen molar-refractivity contribution in [3.8, 4) is 11.5 Å². The Morgan fingerprint density at radius 2 is 2.00 bits per heavy atom. The zero-order chi connectivity index (χ0) is 17.5. The molecule has 8 heteroatoms. The third-order valence-corrected chi connectivity index (χ3v) is 4.85. The molecule has 0 saturated carbocycles. The fourth-order valence-electron chi connectivity index (χ4n) is 2.77. The summed E-state index contributed by atoms with van der Waals surface area (Å²) in [6, 6.07) is 5.51. The Labute approximate surface area is 160 Å². The largest absolute Gasteiger partial charge is 0.497 e. The third kappa shape index (κ3) is 6.17. The summed E-state index contributed by atoms with van der Waals surface area (Å²) in [6.45, 7) is 1.64. The van der Waals surface area contributed by atoms with Crippen molar-refractivity contribution in [2.24, 2.45) is 5.73 Å². The van der Waals surface area contributed by atoms with Crippen LogP contribution < -0.4 is 25.4 Å². The van der Waals surface area contributed by atoms with Crippen LogP contribution in [0.4, 0.5) is 5.69 Å². The molecular weight excluding hydrogens is 362 g/mol. The van der Waals surface area contributed by atoms with Crippen LogP contribution in [0.25, 0.3) is 0 Å². The van der Waals surface area contributed by atoms with Gasteiger partial charge in [-0.15, -0.1) is 12.4 Å². The molecule has 3 N–H and O–H groups in total. The average Bonchev–Trinajstić information content (AvgIpc) is 3.07. The maximum absolute atomic E-state index is 12.1. The number of hydrogen-bond acceptors (Lipinski definition) is 6. The van der Waals surface area contributed by atoms with Crippen molar-refractivity contribution in [1.82, 2.24) is 5.32 Å². The van der Waals surface area contributed by atoms with Gasteiger partial charge in [-0.05, 0) is 24.9 Å². The lowest BCUT2D eigenvalue weighted by Gasteiger charge is -2.21. The van der Waals surface area contributed by atoms with Crippen molar-refractivity contribution in [2.75, 3.05) is 44.2 Å². The predicted octanol–water partition coefficient (Wildman–Crippen LogP) is 1.90. The number of nitrogens with two attached hydrogens (primary N) is 1. The van der Waals surface area contributed by atoms with E-state index < -0.39 is 6.04 Å². The van der Waals surface area contributed by atoms with E-state index in [9.17, 15) is 4.79 Å². The highest BCUT2D eigenvalue weighted by Gasteiger charge is 2.26.